The number of carbonyl (C=O) groups is 1. The van der Waals surface area contributed by atoms with Crippen molar-refractivity contribution < 1.29 is 18.8 Å². The number of nitrogens with two attached hydrogens (primary N) is 1. The van der Waals surface area contributed by atoms with Gasteiger partial charge in [-0.1, -0.05) is 12.1 Å². The highest BCUT2D eigenvalue weighted by molar-refractivity contribution is 6.55. The van der Waals surface area contributed by atoms with Crippen LogP contribution < -0.4 is 5.73 Å². The van der Waals surface area contributed by atoms with Crippen LogP contribution in [0.5, 0.6) is 0 Å². The molecule has 1 saturated heterocycles. The fourth-order valence-corrected chi connectivity index (χ4v) is 2.46. The van der Waals surface area contributed by atoms with Gasteiger partial charge in [0, 0.05) is 6.54 Å². The van der Waals surface area contributed by atoms with Gasteiger partial charge in [0.25, 0.3) is 0 Å². The molecule has 1 aromatic rings. The summed E-state index contributed by atoms with van der Waals surface area (Å²) in [7, 11) is 0.870. The zero-order valence-electron chi connectivity index (χ0n) is 15.3. The number of rotatable bonds is 4. The van der Waals surface area contributed by atoms with Crippen molar-refractivity contribution in [3.63, 3.8) is 0 Å². The third-order valence-electron chi connectivity index (χ3n) is 4.83. The Morgan fingerprint density at radius 3 is 2.33 bits per heavy atom. The largest absolute Gasteiger partial charge is 0.491 e. The minimum Gasteiger partial charge on any atom is -0.465 e. The highest BCUT2D eigenvalue weighted by Crippen LogP contribution is 2.38. The van der Waals surface area contributed by atoms with Crippen LogP contribution in [0.2, 0.25) is 0 Å². The summed E-state index contributed by atoms with van der Waals surface area (Å²) in [5.74, 6) is -0.366. The van der Waals surface area contributed by atoms with E-state index in [4.69, 9.17) is 19.8 Å². The maximum atomic E-state index is 11.7. The Hall–Kier alpha value is -1.63. The predicted molar refractivity (Wildman–Crippen MR) is 95.6 cm³/mol. The molecule has 24 heavy (non-hydrogen) atoms. The summed E-state index contributed by atoms with van der Waals surface area (Å²) in [4.78, 5) is 11.7. The van der Waals surface area contributed by atoms with Gasteiger partial charge < -0.3 is 19.8 Å². The molecule has 1 aromatic carbocycles. The second-order valence-electron chi connectivity index (χ2n) is 7.07. The molecule has 2 rings (SSSR count). The number of benzene rings is 1. The van der Waals surface area contributed by atoms with Crippen molar-refractivity contribution in [3.05, 3.63) is 40.4 Å². The lowest BCUT2D eigenvalue weighted by Crippen LogP contribution is -2.41. The van der Waals surface area contributed by atoms with Crippen LogP contribution in [0, 0.1) is 6.92 Å². The quantitative estimate of drug-likeness (QED) is 0.678. The van der Waals surface area contributed by atoms with Crippen LogP contribution in [-0.4, -0.2) is 37.9 Å². The highest BCUT2D eigenvalue weighted by atomic mass is 16.7. The average Bonchev–Trinajstić information content (AvgIpc) is 2.73. The van der Waals surface area contributed by atoms with Crippen LogP contribution in [0.3, 0.4) is 0 Å². The zero-order valence-corrected chi connectivity index (χ0v) is 15.3. The van der Waals surface area contributed by atoms with E-state index in [9.17, 15) is 4.79 Å². The topological polar surface area (TPSA) is 70.8 Å². The van der Waals surface area contributed by atoms with Crippen molar-refractivity contribution in [2.24, 2.45) is 5.73 Å². The third-order valence-corrected chi connectivity index (χ3v) is 4.83. The molecule has 0 bridgehead atoms. The van der Waals surface area contributed by atoms with Crippen LogP contribution >= 0.6 is 0 Å². The molecule has 1 aliphatic heterocycles. The van der Waals surface area contributed by atoms with Gasteiger partial charge in [-0.2, -0.15) is 0 Å². The Morgan fingerprint density at radius 2 is 1.83 bits per heavy atom. The Kier molecular flexibility index (Phi) is 5.23. The number of hydrogen-bond acceptors (Lipinski definition) is 5. The summed E-state index contributed by atoms with van der Waals surface area (Å²) in [5, 5.41) is 0. The SMILES string of the molecule is COC(=O)c1ccc(C)c(C=C(CN)B2OC(C)(C)C(C)(C)O2)c1. The first-order chi connectivity index (χ1) is 11.1. The lowest BCUT2D eigenvalue weighted by atomic mass is 9.76. The summed E-state index contributed by atoms with van der Waals surface area (Å²) >= 11 is 0. The summed E-state index contributed by atoms with van der Waals surface area (Å²) in [5.41, 5.74) is 8.35. The molecule has 6 heteroatoms. The van der Waals surface area contributed by atoms with Crippen LogP contribution in [0.15, 0.2) is 23.7 Å². The molecule has 1 aliphatic rings. The summed E-state index contributed by atoms with van der Waals surface area (Å²) in [6.07, 6.45) is 1.93. The highest BCUT2D eigenvalue weighted by Gasteiger charge is 2.52. The third kappa shape index (κ3) is 3.56. The van der Waals surface area contributed by atoms with Crippen molar-refractivity contribution in [1.82, 2.24) is 0 Å². The van der Waals surface area contributed by atoms with Gasteiger partial charge in [0.1, 0.15) is 0 Å². The van der Waals surface area contributed by atoms with E-state index in [2.05, 4.69) is 0 Å². The van der Waals surface area contributed by atoms with Crippen LogP contribution in [0.25, 0.3) is 6.08 Å². The molecule has 0 spiro atoms. The van der Waals surface area contributed by atoms with E-state index < -0.39 is 18.3 Å². The van der Waals surface area contributed by atoms with Gasteiger partial charge in [-0.25, -0.2) is 4.79 Å². The second kappa shape index (κ2) is 6.71. The van der Waals surface area contributed by atoms with E-state index in [1.165, 1.54) is 7.11 Å². The van der Waals surface area contributed by atoms with Crippen molar-refractivity contribution >= 4 is 19.2 Å². The zero-order chi connectivity index (χ0) is 18.1. The first kappa shape index (κ1) is 18.7. The van der Waals surface area contributed by atoms with E-state index in [0.717, 1.165) is 16.6 Å². The standard InChI is InChI=1S/C18H26BNO4/c1-12-7-8-13(16(21)22-6)9-14(12)10-15(11-20)19-23-17(2,3)18(4,5)24-19/h7-10H,11,20H2,1-6H3. The molecule has 0 atom stereocenters. The van der Waals surface area contributed by atoms with Crippen LogP contribution in [0.4, 0.5) is 0 Å². The molecule has 0 unspecified atom stereocenters. The molecule has 0 aromatic heterocycles. The maximum Gasteiger partial charge on any atom is 0.491 e. The molecule has 0 saturated carbocycles. The molecule has 1 heterocycles. The number of hydrogen-bond donors (Lipinski definition) is 1. The Morgan fingerprint density at radius 1 is 1.25 bits per heavy atom. The van der Waals surface area contributed by atoms with E-state index >= 15 is 0 Å². The number of aryl methyl sites for hydroxylation is 1. The van der Waals surface area contributed by atoms with E-state index in [1.807, 2.05) is 46.8 Å². The van der Waals surface area contributed by atoms with Gasteiger partial charge in [-0.15, -0.1) is 0 Å². The molecule has 0 amide bonds. The second-order valence-corrected chi connectivity index (χ2v) is 7.07. The van der Waals surface area contributed by atoms with E-state index in [1.54, 1.807) is 12.1 Å². The molecule has 2 N–H and O–H groups in total. The molecule has 5 nitrogen and oxygen atoms in total. The molecule has 130 valence electrons. The van der Waals surface area contributed by atoms with Gasteiger partial charge >= 0.3 is 13.1 Å². The maximum absolute atomic E-state index is 11.7. The van der Waals surface area contributed by atoms with Gasteiger partial charge in [0.15, 0.2) is 0 Å². The average molecular weight is 331 g/mol. The summed E-state index contributed by atoms with van der Waals surface area (Å²) in [6, 6.07) is 5.42. The Labute approximate surface area is 144 Å². The molecule has 0 aliphatic carbocycles. The van der Waals surface area contributed by atoms with Crippen LogP contribution in [0.1, 0.15) is 49.2 Å². The molecule has 0 radical (unpaired) electrons. The summed E-state index contributed by atoms with van der Waals surface area (Å²) in [6.45, 7) is 10.3. The predicted octanol–water partition coefficient (Wildman–Crippen LogP) is 2.76. The van der Waals surface area contributed by atoms with Crippen molar-refractivity contribution in [2.75, 3.05) is 13.7 Å². The normalized spacial score (nSPS) is 19.5. The first-order valence-electron chi connectivity index (χ1n) is 8.06. The van der Waals surface area contributed by atoms with Crippen LogP contribution in [-0.2, 0) is 14.0 Å². The van der Waals surface area contributed by atoms with Gasteiger partial charge in [0.2, 0.25) is 0 Å². The van der Waals surface area contributed by atoms with Gasteiger partial charge in [0.05, 0.1) is 23.9 Å². The number of carbonyl (C=O) groups excluding carboxylic acids is 1. The number of esters is 1. The number of ether oxygens (including phenoxy) is 1. The Balaban J connectivity index is 2.37. The molecular formula is C18H26BNO4. The monoisotopic (exact) mass is 331 g/mol. The smallest absolute Gasteiger partial charge is 0.465 e. The fraction of sp³-hybridized carbons (Fsp3) is 0.500. The lowest BCUT2D eigenvalue weighted by molar-refractivity contribution is 0.00578. The number of methoxy groups -OCH3 is 1. The van der Waals surface area contributed by atoms with E-state index in [0.29, 0.717) is 12.1 Å². The van der Waals surface area contributed by atoms with Gasteiger partial charge in [-0.3, -0.25) is 0 Å². The lowest BCUT2D eigenvalue weighted by Gasteiger charge is -2.32. The minimum absolute atomic E-state index is 0.304. The fourth-order valence-electron chi connectivity index (χ4n) is 2.46. The van der Waals surface area contributed by atoms with Gasteiger partial charge in [-0.05, 0) is 63.4 Å². The first-order valence-corrected chi connectivity index (χ1v) is 8.06. The Bertz CT molecular complexity index is 651. The molecular weight excluding hydrogens is 305 g/mol. The van der Waals surface area contributed by atoms with Crippen molar-refractivity contribution in [2.45, 2.75) is 45.8 Å². The summed E-state index contributed by atoms with van der Waals surface area (Å²) < 4.78 is 16.9. The van der Waals surface area contributed by atoms with E-state index in [-0.39, 0.29) is 5.97 Å². The molecule has 1 fully saturated rings. The van der Waals surface area contributed by atoms with Crippen molar-refractivity contribution in [1.29, 1.82) is 0 Å². The van der Waals surface area contributed by atoms with Crippen molar-refractivity contribution in [3.8, 4) is 0 Å². The minimum atomic E-state index is -0.499.